The summed E-state index contributed by atoms with van der Waals surface area (Å²) >= 11 is 0. The van der Waals surface area contributed by atoms with Gasteiger partial charge < -0.3 is 25.8 Å². The van der Waals surface area contributed by atoms with Crippen molar-refractivity contribution in [3.05, 3.63) is 0 Å². The summed E-state index contributed by atoms with van der Waals surface area (Å²) in [6.07, 6.45) is 2.32. The van der Waals surface area contributed by atoms with Crippen LogP contribution >= 0.6 is 0 Å². The molecule has 3 amide bonds. The molecule has 7 nitrogen and oxygen atoms in total. The molecule has 0 bridgehead atoms. The molecule has 1 aliphatic rings. The number of hydrogen-bond donors (Lipinski definition) is 4. The number of aliphatic hydroxyl groups is 1. The third-order valence-electron chi connectivity index (χ3n) is 3.11. The number of carbonyl (C=O) groups is 2. The molecule has 21 heavy (non-hydrogen) atoms. The minimum atomic E-state index is -0.527. The van der Waals surface area contributed by atoms with Crippen molar-refractivity contribution in [2.24, 2.45) is 0 Å². The zero-order valence-corrected chi connectivity index (χ0v) is 13.1. The molecule has 7 heteroatoms. The average Bonchev–Trinajstić information content (AvgIpc) is 2.35. The van der Waals surface area contributed by atoms with Crippen LogP contribution in [0.2, 0.25) is 0 Å². The van der Waals surface area contributed by atoms with Crippen LogP contribution in [0.3, 0.4) is 0 Å². The van der Waals surface area contributed by atoms with Gasteiger partial charge in [0, 0.05) is 19.1 Å². The maximum Gasteiger partial charge on any atom is 0.407 e. The van der Waals surface area contributed by atoms with Gasteiger partial charge in [0.15, 0.2) is 0 Å². The van der Waals surface area contributed by atoms with E-state index >= 15 is 0 Å². The number of hydrogen-bond acceptors (Lipinski definition) is 4. The highest BCUT2D eigenvalue weighted by molar-refractivity contribution is 5.74. The van der Waals surface area contributed by atoms with Crippen LogP contribution in [0.5, 0.6) is 0 Å². The van der Waals surface area contributed by atoms with Gasteiger partial charge in [-0.2, -0.15) is 0 Å². The zero-order chi connectivity index (χ0) is 15.9. The lowest BCUT2D eigenvalue weighted by molar-refractivity contribution is 0.0528. The Bertz CT molecular complexity index is 347. The summed E-state index contributed by atoms with van der Waals surface area (Å²) in [5.41, 5.74) is -0.527. The Morgan fingerprint density at radius 3 is 2.24 bits per heavy atom. The maximum atomic E-state index is 11.6. The van der Waals surface area contributed by atoms with E-state index in [-0.39, 0.29) is 18.2 Å². The third kappa shape index (κ3) is 8.39. The summed E-state index contributed by atoms with van der Waals surface area (Å²) in [7, 11) is 0. The van der Waals surface area contributed by atoms with Crippen molar-refractivity contribution in [1.82, 2.24) is 16.0 Å². The number of nitrogens with one attached hydrogen (secondary N) is 3. The maximum absolute atomic E-state index is 11.6. The second kappa shape index (κ2) is 8.07. The van der Waals surface area contributed by atoms with E-state index in [1.165, 1.54) is 0 Å². The lowest BCUT2D eigenvalue weighted by atomic mass is 9.93. The van der Waals surface area contributed by atoms with Crippen molar-refractivity contribution >= 4 is 12.1 Å². The van der Waals surface area contributed by atoms with Crippen molar-refractivity contribution < 1.29 is 19.4 Å². The Morgan fingerprint density at radius 1 is 1.10 bits per heavy atom. The normalized spacial score (nSPS) is 22.3. The molecule has 122 valence electrons. The zero-order valence-electron chi connectivity index (χ0n) is 13.1. The van der Waals surface area contributed by atoms with Crippen LogP contribution in [0.25, 0.3) is 0 Å². The first-order valence-corrected chi connectivity index (χ1v) is 7.45. The molecule has 1 saturated carbocycles. The van der Waals surface area contributed by atoms with E-state index in [9.17, 15) is 14.7 Å². The molecule has 0 unspecified atom stereocenters. The summed E-state index contributed by atoms with van der Waals surface area (Å²) in [5.74, 6) is 0. The molecule has 0 aromatic rings. The van der Waals surface area contributed by atoms with Gasteiger partial charge in [0.25, 0.3) is 0 Å². The van der Waals surface area contributed by atoms with Crippen molar-refractivity contribution in [3.63, 3.8) is 0 Å². The van der Waals surface area contributed by atoms with Gasteiger partial charge in [0.2, 0.25) is 0 Å². The smallest absolute Gasteiger partial charge is 0.407 e. The summed E-state index contributed by atoms with van der Waals surface area (Å²) < 4.78 is 5.07. The number of rotatable bonds is 4. The van der Waals surface area contributed by atoms with Crippen LogP contribution in [0.1, 0.15) is 46.5 Å². The molecule has 0 aliphatic heterocycles. The molecule has 0 aromatic carbocycles. The Kier molecular flexibility index (Phi) is 6.74. The van der Waals surface area contributed by atoms with Crippen LogP contribution in [0.15, 0.2) is 0 Å². The predicted molar refractivity (Wildman–Crippen MR) is 79.0 cm³/mol. The first-order chi connectivity index (χ1) is 9.76. The fourth-order valence-corrected chi connectivity index (χ4v) is 2.11. The van der Waals surface area contributed by atoms with E-state index in [0.717, 1.165) is 25.7 Å². The number of amides is 3. The van der Waals surface area contributed by atoms with E-state index in [1.54, 1.807) is 20.8 Å². The molecular formula is C14H27N3O4. The monoisotopic (exact) mass is 301 g/mol. The number of urea groups is 1. The van der Waals surface area contributed by atoms with Crippen molar-refractivity contribution in [1.29, 1.82) is 0 Å². The summed E-state index contributed by atoms with van der Waals surface area (Å²) in [6, 6.07) is -0.130. The molecule has 0 heterocycles. The highest BCUT2D eigenvalue weighted by Crippen LogP contribution is 2.17. The van der Waals surface area contributed by atoms with Crippen molar-refractivity contribution in [2.75, 3.05) is 13.1 Å². The van der Waals surface area contributed by atoms with Gasteiger partial charge in [-0.1, -0.05) is 0 Å². The van der Waals surface area contributed by atoms with E-state index in [2.05, 4.69) is 16.0 Å². The molecule has 1 aliphatic carbocycles. The van der Waals surface area contributed by atoms with E-state index < -0.39 is 11.7 Å². The molecule has 4 N–H and O–H groups in total. The fraction of sp³-hybridized carbons (Fsp3) is 0.857. The number of alkyl carbamates (subject to hydrolysis) is 1. The van der Waals surface area contributed by atoms with E-state index in [0.29, 0.717) is 13.1 Å². The van der Waals surface area contributed by atoms with Gasteiger partial charge in [-0.15, -0.1) is 0 Å². The minimum absolute atomic E-state index is 0.118. The summed E-state index contributed by atoms with van der Waals surface area (Å²) in [5, 5.41) is 17.5. The first-order valence-electron chi connectivity index (χ1n) is 7.45. The third-order valence-corrected chi connectivity index (χ3v) is 3.11. The second-order valence-corrected chi connectivity index (χ2v) is 6.33. The minimum Gasteiger partial charge on any atom is -0.444 e. The van der Waals surface area contributed by atoms with Gasteiger partial charge >= 0.3 is 12.1 Å². The highest BCUT2D eigenvalue weighted by Gasteiger charge is 2.20. The van der Waals surface area contributed by atoms with Gasteiger partial charge in [0.1, 0.15) is 5.60 Å². The lowest BCUT2D eigenvalue weighted by Gasteiger charge is -2.26. The summed E-state index contributed by atoms with van der Waals surface area (Å²) in [6.45, 7) is 6.02. The quantitative estimate of drug-likeness (QED) is 0.585. The highest BCUT2D eigenvalue weighted by atomic mass is 16.6. The largest absolute Gasteiger partial charge is 0.444 e. The van der Waals surface area contributed by atoms with Crippen LogP contribution in [0.4, 0.5) is 9.59 Å². The molecule has 0 radical (unpaired) electrons. The molecule has 0 spiro atoms. The Labute approximate surface area is 125 Å². The van der Waals surface area contributed by atoms with Gasteiger partial charge in [0.05, 0.1) is 6.10 Å². The second-order valence-electron chi connectivity index (χ2n) is 6.33. The van der Waals surface area contributed by atoms with Crippen LogP contribution in [-0.4, -0.2) is 48.1 Å². The van der Waals surface area contributed by atoms with Crippen LogP contribution in [0, 0.1) is 0 Å². The van der Waals surface area contributed by atoms with E-state index in [1.807, 2.05) is 0 Å². The average molecular weight is 301 g/mol. The topological polar surface area (TPSA) is 99.7 Å². The Hall–Kier alpha value is -1.50. The Morgan fingerprint density at radius 2 is 1.67 bits per heavy atom. The fourth-order valence-electron chi connectivity index (χ4n) is 2.11. The van der Waals surface area contributed by atoms with Crippen molar-refractivity contribution in [2.45, 2.75) is 64.2 Å². The molecule has 1 rings (SSSR count). The first kappa shape index (κ1) is 17.6. The Balaban J connectivity index is 2.07. The molecule has 0 atom stereocenters. The standard InChI is InChI=1S/C14H27N3O4/c1-14(2,3)21-13(20)16-9-8-15-12(19)17-10-4-6-11(18)7-5-10/h10-11,18H,4-9H2,1-3H3,(H,16,20)(H2,15,17,19). The lowest BCUT2D eigenvalue weighted by Crippen LogP contribution is -2.46. The van der Waals surface area contributed by atoms with Crippen molar-refractivity contribution in [3.8, 4) is 0 Å². The van der Waals surface area contributed by atoms with Gasteiger partial charge in [-0.25, -0.2) is 9.59 Å². The molecule has 0 aromatic heterocycles. The molecule has 0 saturated heterocycles. The van der Waals surface area contributed by atoms with Crippen LogP contribution < -0.4 is 16.0 Å². The molecule has 1 fully saturated rings. The predicted octanol–water partition coefficient (Wildman–Crippen LogP) is 1.11. The van der Waals surface area contributed by atoms with Gasteiger partial charge in [-0.3, -0.25) is 0 Å². The van der Waals surface area contributed by atoms with Crippen LogP contribution in [-0.2, 0) is 4.74 Å². The van der Waals surface area contributed by atoms with E-state index in [4.69, 9.17) is 4.74 Å². The SMILES string of the molecule is CC(C)(C)OC(=O)NCCNC(=O)NC1CCC(O)CC1. The number of ether oxygens (including phenoxy) is 1. The number of aliphatic hydroxyl groups excluding tert-OH is 1. The van der Waals surface area contributed by atoms with Gasteiger partial charge in [-0.05, 0) is 46.5 Å². The molecular weight excluding hydrogens is 274 g/mol. The summed E-state index contributed by atoms with van der Waals surface area (Å²) in [4.78, 5) is 23.0. The number of carbonyl (C=O) groups excluding carboxylic acids is 2.